The van der Waals surface area contributed by atoms with Crippen LogP contribution in [0.25, 0.3) is 0 Å². The number of hydrogen-bond donors (Lipinski definition) is 1. The van der Waals surface area contributed by atoms with Gasteiger partial charge in [-0.3, -0.25) is 4.79 Å². The lowest BCUT2D eigenvalue weighted by Crippen LogP contribution is -2.21. The Morgan fingerprint density at radius 1 is 1.08 bits per heavy atom. The molecular weight excluding hydrogens is 393 g/mol. The largest absolute Gasteiger partial charge is 0.481 e. The molecular formula is C20H22Cl3NO2. The summed E-state index contributed by atoms with van der Waals surface area (Å²) in [4.78, 5) is 12.4. The Balaban J connectivity index is 2.14. The molecule has 2 rings (SSSR count). The Morgan fingerprint density at radius 2 is 1.65 bits per heavy atom. The van der Waals surface area contributed by atoms with E-state index in [0.717, 1.165) is 17.7 Å². The maximum atomic E-state index is 12.4. The summed E-state index contributed by atoms with van der Waals surface area (Å²) in [7, 11) is 0. The van der Waals surface area contributed by atoms with Crippen LogP contribution < -0.4 is 10.1 Å². The Bertz CT molecular complexity index is 792. The standard InChI is InChI=1S/C20H22Cl3NO2/c1-5-11(2)14-8-6-7-9-15(14)24-16(25)10-26-20-18(22)12(3)17(21)13(4)19(20)23/h6-9,11H,5,10H2,1-4H3,(H,24,25)/t11-/m0/s1. The topological polar surface area (TPSA) is 38.3 Å². The molecule has 1 atom stereocenters. The summed E-state index contributed by atoms with van der Waals surface area (Å²) in [6.45, 7) is 7.60. The van der Waals surface area contributed by atoms with Gasteiger partial charge in [0.25, 0.3) is 5.91 Å². The average Bonchev–Trinajstić information content (AvgIpc) is 2.64. The number of rotatable bonds is 6. The SMILES string of the molecule is CC[C@H](C)c1ccccc1NC(=O)COc1c(Cl)c(C)c(Cl)c(C)c1Cl. The minimum Gasteiger partial charge on any atom is -0.481 e. The molecule has 26 heavy (non-hydrogen) atoms. The average molecular weight is 415 g/mol. The molecule has 0 heterocycles. The number of benzene rings is 2. The minimum absolute atomic E-state index is 0.200. The van der Waals surface area contributed by atoms with E-state index in [9.17, 15) is 4.79 Å². The number of amides is 1. The normalized spacial score (nSPS) is 12.0. The number of nitrogens with one attached hydrogen (secondary N) is 1. The van der Waals surface area contributed by atoms with Gasteiger partial charge in [-0.05, 0) is 48.9 Å². The Labute approximate surface area is 169 Å². The van der Waals surface area contributed by atoms with Gasteiger partial charge in [-0.15, -0.1) is 0 Å². The highest BCUT2D eigenvalue weighted by Gasteiger charge is 2.19. The molecule has 1 N–H and O–H groups in total. The second kappa shape index (κ2) is 8.98. The number of halogens is 3. The summed E-state index contributed by atoms with van der Waals surface area (Å²) in [5.41, 5.74) is 3.23. The number of ether oxygens (including phenoxy) is 1. The molecule has 0 radical (unpaired) electrons. The van der Waals surface area contributed by atoms with Crippen LogP contribution in [0.2, 0.25) is 15.1 Å². The van der Waals surface area contributed by atoms with E-state index < -0.39 is 0 Å². The highest BCUT2D eigenvalue weighted by Crippen LogP contribution is 2.42. The van der Waals surface area contributed by atoms with E-state index >= 15 is 0 Å². The smallest absolute Gasteiger partial charge is 0.262 e. The number of carbonyl (C=O) groups excluding carboxylic acids is 1. The van der Waals surface area contributed by atoms with Gasteiger partial charge >= 0.3 is 0 Å². The second-order valence-electron chi connectivity index (χ2n) is 6.25. The predicted octanol–water partition coefficient (Wildman–Crippen LogP) is 6.79. The Kier molecular flexibility index (Phi) is 7.22. The fourth-order valence-corrected chi connectivity index (χ4v) is 3.44. The van der Waals surface area contributed by atoms with Gasteiger partial charge in [0.2, 0.25) is 0 Å². The highest BCUT2D eigenvalue weighted by atomic mass is 35.5. The molecule has 0 aliphatic carbocycles. The molecule has 0 spiro atoms. The molecule has 2 aromatic rings. The van der Waals surface area contributed by atoms with Crippen LogP contribution in [0.5, 0.6) is 5.75 Å². The first-order chi connectivity index (χ1) is 12.3. The molecule has 0 aliphatic rings. The van der Waals surface area contributed by atoms with Crippen molar-refractivity contribution in [1.29, 1.82) is 0 Å². The summed E-state index contributed by atoms with van der Waals surface area (Å²) in [5.74, 6) is 0.342. The number of anilines is 1. The number of para-hydroxylation sites is 1. The molecule has 0 bridgehead atoms. The van der Waals surface area contributed by atoms with Gasteiger partial charge in [-0.1, -0.05) is 66.8 Å². The summed E-state index contributed by atoms with van der Waals surface area (Å²) in [6, 6.07) is 7.76. The lowest BCUT2D eigenvalue weighted by molar-refractivity contribution is -0.118. The van der Waals surface area contributed by atoms with Crippen molar-refractivity contribution in [2.24, 2.45) is 0 Å². The van der Waals surface area contributed by atoms with Crippen LogP contribution in [0.15, 0.2) is 24.3 Å². The lowest BCUT2D eigenvalue weighted by atomic mass is 9.97. The third-order valence-electron chi connectivity index (χ3n) is 4.44. The zero-order valence-corrected chi connectivity index (χ0v) is 17.5. The summed E-state index contributed by atoms with van der Waals surface area (Å²) in [5, 5.41) is 4.03. The van der Waals surface area contributed by atoms with Crippen molar-refractivity contribution in [2.45, 2.75) is 40.0 Å². The van der Waals surface area contributed by atoms with Crippen LogP contribution in [-0.4, -0.2) is 12.5 Å². The van der Waals surface area contributed by atoms with Crippen molar-refractivity contribution >= 4 is 46.4 Å². The molecule has 140 valence electrons. The van der Waals surface area contributed by atoms with E-state index in [1.54, 1.807) is 13.8 Å². The molecule has 0 saturated carbocycles. The Hall–Kier alpha value is -1.42. The van der Waals surface area contributed by atoms with Gasteiger partial charge < -0.3 is 10.1 Å². The molecule has 0 aromatic heterocycles. The van der Waals surface area contributed by atoms with Crippen molar-refractivity contribution < 1.29 is 9.53 Å². The van der Waals surface area contributed by atoms with Gasteiger partial charge in [0.15, 0.2) is 12.4 Å². The minimum atomic E-state index is -0.279. The van der Waals surface area contributed by atoms with Crippen molar-refractivity contribution in [3.63, 3.8) is 0 Å². The van der Waals surface area contributed by atoms with E-state index in [-0.39, 0.29) is 18.3 Å². The quantitative estimate of drug-likeness (QED) is 0.564. The maximum absolute atomic E-state index is 12.4. The van der Waals surface area contributed by atoms with Crippen LogP contribution in [0.3, 0.4) is 0 Å². The molecule has 2 aromatic carbocycles. The fraction of sp³-hybridized carbons (Fsp3) is 0.350. The van der Waals surface area contributed by atoms with Gasteiger partial charge in [-0.2, -0.15) is 0 Å². The predicted molar refractivity (Wildman–Crippen MR) is 110 cm³/mol. The van der Waals surface area contributed by atoms with E-state index in [0.29, 0.717) is 32.1 Å². The fourth-order valence-electron chi connectivity index (χ4n) is 2.62. The highest BCUT2D eigenvalue weighted by molar-refractivity contribution is 6.42. The molecule has 0 unspecified atom stereocenters. The van der Waals surface area contributed by atoms with Gasteiger partial charge in [0.05, 0.1) is 10.0 Å². The Morgan fingerprint density at radius 3 is 2.23 bits per heavy atom. The third kappa shape index (κ3) is 4.46. The van der Waals surface area contributed by atoms with Crippen LogP contribution in [0, 0.1) is 13.8 Å². The lowest BCUT2D eigenvalue weighted by Gasteiger charge is -2.17. The zero-order valence-electron chi connectivity index (χ0n) is 15.3. The van der Waals surface area contributed by atoms with E-state index in [1.165, 1.54) is 0 Å². The van der Waals surface area contributed by atoms with Crippen molar-refractivity contribution in [1.82, 2.24) is 0 Å². The molecule has 1 amide bonds. The zero-order chi connectivity index (χ0) is 19.4. The third-order valence-corrected chi connectivity index (χ3v) is 5.92. The molecule has 6 heteroatoms. The molecule has 0 saturated heterocycles. The monoisotopic (exact) mass is 413 g/mol. The summed E-state index contributed by atoms with van der Waals surface area (Å²) in [6.07, 6.45) is 0.984. The van der Waals surface area contributed by atoms with Crippen LogP contribution in [0.1, 0.15) is 42.9 Å². The second-order valence-corrected chi connectivity index (χ2v) is 7.39. The van der Waals surface area contributed by atoms with Gasteiger partial charge in [0, 0.05) is 10.7 Å². The molecule has 0 aliphatic heterocycles. The molecule has 3 nitrogen and oxygen atoms in total. The number of hydrogen-bond acceptors (Lipinski definition) is 2. The van der Waals surface area contributed by atoms with Crippen molar-refractivity contribution in [2.75, 3.05) is 11.9 Å². The first-order valence-corrected chi connectivity index (χ1v) is 9.56. The van der Waals surface area contributed by atoms with Crippen molar-refractivity contribution in [3.05, 3.63) is 56.0 Å². The van der Waals surface area contributed by atoms with E-state index in [2.05, 4.69) is 19.2 Å². The summed E-state index contributed by atoms with van der Waals surface area (Å²) < 4.78 is 5.61. The van der Waals surface area contributed by atoms with Crippen LogP contribution in [-0.2, 0) is 4.79 Å². The maximum Gasteiger partial charge on any atom is 0.262 e. The first kappa shape index (κ1) is 20.9. The number of carbonyl (C=O) groups is 1. The van der Waals surface area contributed by atoms with Crippen LogP contribution in [0.4, 0.5) is 5.69 Å². The molecule has 0 fully saturated rings. The van der Waals surface area contributed by atoms with Crippen LogP contribution >= 0.6 is 34.8 Å². The first-order valence-electron chi connectivity index (χ1n) is 8.43. The van der Waals surface area contributed by atoms with Gasteiger partial charge in [0.1, 0.15) is 0 Å². The van der Waals surface area contributed by atoms with E-state index in [1.807, 2.05) is 24.3 Å². The van der Waals surface area contributed by atoms with E-state index in [4.69, 9.17) is 39.5 Å². The van der Waals surface area contributed by atoms with Gasteiger partial charge in [-0.25, -0.2) is 0 Å². The summed E-state index contributed by atoms with van der Waals surface area (Å²) >= 11 is 18.7. The van der Waals surface area contributed by atoms with Crippen molar-refractivity contribution in [3.8, 4) is 5.75 Å².